The first kappa shape index (κ1) is 18.5. The number of nitrogens with zero attached hydrogens (tertiary/aromatic N) is 2. The molecule has 1 heterocycles. The Hall–Kier alpha value is -2.29. The van der Waals surface area contributed by atoms with Crippen LogP contribution in [0.5, 0.6) is 0 Å². The van der Waals surface area contributed by atoms with Gasteiger partial charge in [-0.3, -0.25) is 4.79 Å². The van der Waals surface area contributed by atoms with Crippen LogP contribution in [0.15, 0.2) is 59.0 Å². The van der Waals surface area contributed by atoms with Crippen LogP contribution in [0.25, 0.3) is 0 Å². The van der Waals surface area contributed by atoms with Gasteiger partial charge in [-0.15, -0.1) is 0 Å². The van der Waals surface area contributed by atoms with Crippen molar-refractivity contribution < 1.29 is 4.79 Å². The number of rotatable bonds is 0. The van der Waals surface area contributed by atoms with Gasteiger partial charge in [-0.25, -0.2) is 0 Å². The molecule has 1 aromatic carbocycles. The lowest BCUT2D eigenvalue weighted by molar-refractivity contribution is -0.114. The molecule has 138 valence electrons. The van der Waals surface area contributed by atoms with Crippen molar-refractivity contribution in [2.75, 3.05) is 23.9 Å². The molecule has 26 heavy (non-hydrogen) atoms. The summed E-state index contributed by atoms with van der Waals surface area (Å²) in [5, 5.41) is 0. The summed E-state index contributed by atoms with van der Waals surface area (Å²) >= 11 is 0. The fraction of sp³-hybridized carbons (Fsp3) is 0.435. The van der Waals surface area contributed by atoms with Gasteiger partial charge in [0, 0.05) is 30.8 Å². The zero-order chi connectivity index (χ0) is 19.4. The van der Waals surface area contributed by atoms with Crippen molar-refractivity contribution in [3.05, 3.63) is 59.0 Å². The highest BCUT2D eigenvalue weighted by Crippen LogP contribution is 2.44. The van der Waals surface area contributed by atoms with E-state index in [9.17, 15) is 4.79 Å². The molecule has 0 aromatic heterocycles. The van der Waals surface area contributed by atoms with Crippen molar-refractivity contribution >= 4 is 17.2 Å². The normalized spacial score (nSPS) is 18.2. The highest BCUT2D eigenvalue weighted by atomic mass is 16.1. The molecule has 0 amide bonds. The molecule has 3 heteroatoms. The Morgan fingerprint density at radius 2 is 1.12 bits per heavy atom. The topological polar surface area (TPSA) is 23.6 Å². The number of fused-ring (bicyclic) bond motifs is 1. The predicted molar refractivity (Wildman–Crippen MR) is 110 cm³/mol. The molecule has 0 unspecified atom stereocenters. The maximum absolute atomic E-state index is 13.2. The van der Waals surface area contributed by atoms with Gasteiger partial charge in [0.2, 0.25) is 0 Å². The minimum atomic E-state index is -0.198. The number of hydrogen-bond acceptors (Lipinski definition) is 3. The van der Waals surface area contributed by atoms with Gasteiger partial charge in [0.15, 0.2) is 5.78 Å². The standard InChI is InChI=1S/C23H30N2O/c1-22(2,3)16-13-15(14-17(20(16)26)23(4,5)6)21-24(7)18-11-9-10-12-19(18)25(21)8/h9-14H,1-8H3. The summed E-state index contributed by atoms with van der Waals surface area (Å²) < 4.78 is 0. The average molecular weight is 351 g/mol. The van der Waals surface area contributed by atoms with Gasteiger partial charge in [0.1, 0.15) is 5.82 Å². The van der Waals surface area contributed by atoms with Gasteiger partial charge in [0.05, 0.1) is 11.4 Å². The second-order valence-corrected chi connectivity index (χ2v) is 9.33. The Kier molecular flexibility index (Phi) is 4.18. The third-order valence-electron chi connectivity index (χ3n) is 5.20. The molecule has 0 bridgehead atoms. The summed E-state index contributed by atoms with van der Waals surface area (Å²) in [7, 11) is 4.19. The zero-order valence-electron chi connectivity index (χ0n) is 17.3. The van der Waals surface area contributed by atoms with Crippen LogP contribution in [0.2, 0.25) is 0 Å². The van der Waals surface area contributed by atoms with Crippen LogP contribution in [0.1, 0.15) is 41.5 Å². The SMILES string of the molecule is CN1C(=C2C=C(C(C)(C)C)C(=O)C(C(C)(C)C)=C2)N(C)c2ccccc21. The van der Waals surface area contributed by atoms with Crippen molar-refractivity contribution in [2.45, 2.75) is 41.5 Å². The number of carbonyl (C=O) groups is 1. The van der Waals surface area contributed by atoms with E-state index in [4.69, 9.17) is 0 Å². The number of benzene rings is 1. The molecule has 0 spiro atoms. The van der Waals surface area contributed by atoms with Crippen LogP contribution in [0.4, 0.5) is 11.4 Å². The highest BCUT2D eigenvalue weighted by molar-refractivity contribution is 6.12. The van der Waals surface area contributed by atoms with E-state index in [1.54, 1.807) is 0 Å². The highest BCUT2D eigenvalue weighted by Gasteiger charge is 2.36. The molecule has 1 aliphatic heterocycles. The van der Waals surface area contributed by atoms with Crippen LogP contribution in [-0.2, 0) is 4.79 Å². The van der Waals surface area contributed by atoms with Gasteiger partial charge in [0.25, 0.3) is 0 Å². The maximum Gasteiger partial charge on any atom is 0.186 e. The Balaban J connectivity index is 2.25. The number of Topliss-reactive ketones (excluding diaryl/α,β-unsaturated/α-hetero) is 1. The summed E-state index contributed by atoms with van der Waals surface area (Å²) in [5.41, 5.74) is 4.83. The second kappa shape index (κ2) is 5.87. The number of anilines is 2. The molecular formula is C23H30N2O. The summed E-state index contributed by atoms with van der Waals surface area (Å²) in [5.74, 6) is 1.29. The second-order valence-electron chi connectivity index (χ2n) is 9.33. The molecule has 0 saturated heterocycles. The number of carbonyl (C=O) groups excluding carboxylic acids is 1. The Morgan fingerprint density at radius 1 is 0.731 bits per heavy atom. The first-order valence-corrected chi connectivity index (χ1v) is 9.23. The van der Waals surface area contributed by atoms with E-state index in [-0.39, 0.29) is 16.6 Å². The fourth-order valence-corrected chi connectivity index (χ4v) is 3.74. The van der Waals surface area contributed by atoms with Gasteiger partial charge in [-0.1, -0.05) is 53.7 Å². The molecule has 1 aromatic rings. The Labute approximate surface area is 157 Å². The minimum Gasteiger partial charge on any atom is -0.329 e. The smallest absolute Gasteiger partial charge is 0.186 e. The molecule has 3 rings (SSSR count). The molecule has 0 fully saturated rings. The first-order valence-electron chi connectivity index (χ1n) is 9.23. The lowest BCUT2D eigenvalue weighted by Crippen LogP contribution is -2.30. The summed E-state index contributed by atoms with van der Waals surface area (Å²) in [4.78, 5) is 17.6. The summed E-state index contributed by atoms with van der Waals surface area (Å²) in [6.45, 7) is 12.7. The van der Waals surface area contributed by atoms with E-state index >= 15 is 0 Å². The minimum absolute atomic E-state index is 0.176. The van der Waals surface area contributed by atoms with Crippen molar-refractivity contribution in [3.8, 4) is 0 Å². The molecule has 0 atom stereocenters. The van der Waals surface area contributed by atoms with E-state index in [2.05, 4.69) is 102 Å². The van der Waals surface area contributed by atoms with Crippen LogP contribution in [-0.4, -0.2) is 19.9 Å². The molecule has 0 saturated carbocycles. The predicted octanol–water partition coefficient (Wildman–Crippen LogP) is 5.31. The molecule has 0 radical (unpaired) electrons. The van der Waals surface area contributed by atoms with Crippen molar-refractivity contribution in [1.82, 2.24) is 0 Å². The average Bonchev–Trinajstić information content (AvgIpc) is 2.78. The fourth-order valence-electron chi connectivity index (χ4n) is 3.74. The monoisotopic (exact) mass is 350 g/mol. The number of hydrogen-bond donors (Lipinski definition) is 0. The van der Waals surface area contributed by atoms with E-state index in [0.29, 0.717) is 0 Å². The number of ketones is 1. The maximum atomic E-state index is 13.2. The molecule has 2 aliphatic rings. The van der Waals surface area contributed by atoms with E-state index in [1.165, 1.54) is 11.4 Å². The van der Waals surface area contributed by atoms with Gasteiger partial charge < -0.3 is 9.80 Å². The first-order chi connectivity index (χ1) is 11.9. The van der Waals surface area contributed by atoms with Crippen LogP contribution in [0.3, 0.4) is 0 Å². The van der Waals surface area contributed by atoms with Crippen molar-refractivity contribution in [2.24, 2.45) is 10.8 Å². The summed E-state index contributed by atoms with van der Waals surface area (Å²) in [6.07, 6.45) is 4.18. The summed E-state index contributed by atoms with van der Waals surface area (Å²) in [6, 6.07) is 8.40. The lowest BCUT2D eigenvalue weighted by atomic mass is 9.72. The van der Waals surface area contributed by atoms with Crippen LogP contribution >= 0.6 is 0 Å². The van der Waals surface area contributed by atoms with Gasteiger partial charge in [-0.05, 0) is 35.1 Å². The quantitative estimate of drug-likeness (QED) is 0.633. The molecular weight excluding hydrogens is 320 g/mol. The van der Waals surface area contributed by atoms with Gasteiger partial charge in [-0.2, -0.15) is 0 Å². The molecule has 0 N–H and O–H groups in total. The third kappa shape index (κ3) is 2.90. The zero-order valence-corrected chi connectivity index (χ0v) is 17.3. The molecule has 3 nitrogen and oxygen atoms in total. The number of para-hydroxylation sites is 2. The third-order valence-corrected chi connectivity index (χ3v) is 5.20. The number of allylic oxidation sites excluding steroid dienone is 5. The van der Waals surface area contributed by atoms with E-state index in [0.717, 1.165) is 22.5 Å². The molecule has 1 aliphatic carbocycles. The van der Waals surface area contributed by atoms with E-state index in [1.807, 2.05) is 0 Å². The Morgan fingerprint density at radius 3 is 1.46 bits per heavy atom. The van der Waals surface area contributed by atoms with Crippen LogP contribution in [0, 0.1) is 10.8 Å². The van der Waals surface area contributed by atoms with Gasteiger partial charge >= 0.3 is 0 Å². The Bertz CT molecular complexity index is 790. The van der Waals surface area contributed by atoms with Crippen molar-refractivity contribution in [1.29, 1.82) is 0 Å². The lowest BCUT2D eigenvalue weighted by Gasteiger charge is -2.32. The van der Waals surface area contributed by atoms with Crippen LogP contribution < -0.4 is 9.80 Å². The largest absolute Gasteiger partial charge is 0.329 e. The van der Waals surface area contributed by atoms with Crippen molar-refractivity contribution in [3.63, 3.8) is 0 Å². The van der Waals surface area contributed by atoms with E-state index < -0.39 is 0 Å².